The SMILES string of the molecule is [3H]c1cc([3H])c2c(c1)-c1cccc[n+]1C21C(C(=[C-][N+](=O)[O-])[N+](=O)[O-])=Cc2cccc[n+]21. The third-order valence-corrected chi connectivity index (χ3v) is 5.17. The minimum absolute atomic E-state index is 0.00473. The maximum atomic E-state index is 11.9. The van der Waals surface area contributed by atoms with Crippen molar-refractivity contribution in [2.75, 3.05) is 0 Å². The van der Waals surface area contributed by atoms with Crippen molar-refractivity contribution in [3.63, 3.8) is 0 Å². The van der Waals surface area contributed by atoms with Gasteiger partial charge in [-0.3, -0.25) is 20.2 Å². The minimum Gasteiger partial charge on any atom is -0.278 e. The van der Waals surface area contributed by atoms with Crippen LogP contribution in [0.2, 0.25) is 0 Å². The number of rotatable bonds is 3. The van der Waals surface area contributed by atoms with E-state index in [0.717, 1.165) is 0 Å². The van der Waals surface area contributed by atoms with Crippen molar-refractivity contribution in [1.82, 2.24) is 0 Å². The summed E-state index contributed by atoms with van der Waals surface area (Å²) in [7, 11) is 0. The lowest BCUT2D eigenvalue weighted by molar-refractivity contribution is -0.961. The zero-order chi connectivity index (χ0) is 21.9. The molecule has 2 aliphatic heterocycles. The smallest absolute Gasteiger partial charge is 0.278 e. The molecule has 1 unspecified atom stereocenters. The van der Waals surface area contributed by atoms with Crippen LogP contribution in [0, 0.1) is 26.4 Å². The Morgan fingerprint density at radius 2 is 1.79 bits per heavy atom. The minimum atomic E-state index is -1.45. The molecule has 0 saturated carbocycles. The van der Waals surface area contributed by atoms with Gasteiger partial charge in [0.15, 0.2) is 23.8 Å². The Bertz CT molecular complexity index is 1390. The lowest BCUT2D eigenvalue weighted by Crippen LogP contribution is -2.72. The standard InChI is InChI=1S/C21H13N4O4/c26-24(27)14-20(25(28)29)18-13-15-7-3-5-11-22(15)21(18)17-9-2-1-8-16(17)19-10-4-6-12-23(19)21/h1-13H/q+1/i1T,9T. The van der Waals surface area contributed by atoms with E-state index in [1.807, 2.05) is 0 Å². The van der Waals surface area contributed by atoms with Crippen LogP contribution < -0.4 is 9.13 Å². The Balaban J connectivity index is 1.99. The van der Waals surface area contributed by atoms with Crippen molar-refractivity contribution in [3.8, 4) is 11.3 Å². The van der Waals surface area contributed by atoms with Gasteiger partial charge in [0.05, 0.1) is 13.9 Å². The molecule has 29 heavy (non-hydrogen) atoms. The molecule has 8 nitrogen and oxygen atoms in total. The van der Waals surface area contributed by atoms with Crippen molar-refractivity contribution < 1.29 is 21.7 Å². The molecule has 2 aromatic heterocycles. The normalized spacial score (nSPS) is 19.7. The number of benzene rings is 1. The second kappa shape index (κ2) is 5.90. The van der Waals surface area contributed by atoms with Crippen LogP contribution in [0.4, 0.5) is 0 Å². The molecule has 0 fully saturated rings. The predicted molar refractivity (Wildman–Crippen MR) is 99.9 cm³/mol. The number of allylic oxidation sites excluding steroid dienone is 1. The highest BCUT2D eigenvalue weighted by Gasteiger charge is 2.63. The number of pyridine rings is 2. The van der Waals surface area contributed by atoms with Gasteiger partial charge < -0.3 is 0 Å². The van der Waals surface area contributed by atoms with Gasteiger partial charge >= 0.3 is 5.66 Å². The van der Waals surface area contributed by atoms with E-state index in [0.29, 0.717) is 22.5 Å². The Hall–Kier alpha value is -4.20. The summed E-state index contributed by atoms with van der Waals surface area (Å²) in [5.41, 5.74) is -0.0393. The zero-order valence-electron chi connectivity index (χ0n) is 16.8. The molecule has 0 radical (unpaired) electrons. The Kier molecular flexibility index (Phi) is 3.01. The average molecular weight is 389 g/mol. The monoisotopic (exact) mass is 389 g/mol. The fraction of sp³-hybridized carbons (Fsp3) is 0.0476. The van der Waals surface area contributed by atoms with E-state index in [1.165, 1.54) is 12.1 Å². The molecule has 1 spiro atoms. The number of nitro groups is 2. The molecule has 3 aromatic rings. The van der Waals surface area contributed by atoms with Crippen LogP contribution in [0.3, 0.4) is 0 Å². The van der Waals surface area contributed by atoms with E-state index < -0.39 is 21.2 Å². The van der Waals surface area contributed by atoms with E-state index in [1.54, 1.807) is 70.2 Å². The summed E-state index contributed by atoms with van der Waals surface area (Å²) in [6.45, 7) is 0. The molecule has 8 heteroatoms. The lowest BCUT2D eigenvalue weighted by Gasteiger charge is -2.23. The molecule has 0 amide bonds. The second-order valence-corrected chi connectivity index (χ2v) is 6.54. The maximum absolute atomic E-state index is 11.9. The maximum Gasteiger partial charge on any atom is 0.363 e. The van der Waals surface area contributed by atoms with Crippen molar-refractivity contribution in [3.05, 3.63) is 122 Å². The molecule has 1 aromatic carbocycles. The molecule has 140 valence electrons. The topological polar surface area (TPSA) is 94.0 Å². The van der Waals surface area contributed by atoms with Gasteiger partial charge in [0, 0.05) is 34.8 Å². The van der Waals surface area contributed by atoms with E-state index in [2.05, 4.69) is 0 Å². The Morgan fingerprint density at radius 3 is 2.55 bits per heavy atom. The first-order chi connectivity index (χ1) is 14.9. The van der Waals surface area contributed by atoms with Crippen molar-refractivity contribution in [2.24, 2.45) is 0 Å². The van der Waals surface area contributed by atoms with Crippen LogP contribution in [0.5, 0.6) is 0 Å². The Labute approximate surface area is 167 Å². The number of aromatic nitrogens is 2. The summed E-state index contributed by atoms with van der Waals surface area (Å²) in [5.74, 6) is 0. The summed E-state index contributed by atoms with van der Waals surface area (Å²) in [5, 5.41) is 23.2. The zero-order valence-corrected chi connectivity index (χ0v) is 14.8. The molecule has 0 aliphatic carbocycles. The third kappa shape index (κ3) is 2.13. The van der Waals surface area contributed by atoms with Gasteiger partial charge in [0.25, 0.3) is 0 Å². The van der Waals surface area contributed by atoms with Crippen molar-refractivity contribution in [1.29, 1.82) is 0 Å². The van der Waals surface area contributed by atoms with Crippen molar-refractivity contribution in [2.45, 2.75) is 5.66 Å². The molecule has 5 rings (SSSR count). The van der Waals surface area contributed by atoms with Crippen LogP contribution in [0.15, 0.2) is 84.3 Å². The molecular formula is C21H13N4O4+. The summed E-state index contributed by atoms with van der Waals surface area (Å²) < 4.78 is 20.3. The van der Waals surface area contributed by atoms with E-state index >= 15 is 0 Å². The first-order valence-corrected chi connectivity index (χ1v) is 8.65. The quantitative estimate of drug-likeness (QED) is 0.225. The summed E-state index contributed by atoms with van der Waals surface area (Å²) >= 11 is 0. The highest BCUT2D eigenvalue weighted by Crippen LogP contribution is 2.45. The molecule has 0 bridgehead atoms. The molecule has 2 aliphatic rings. The number of hydrogen-bond acceptors (Lipinski definition) is 4. The van der Waals surface area contributed by atoms with Gasteiger partial charge in [0.2, 0.25) is 11.9 Å². The number of nitrogens with zero attached hydrogens (tertiary/aromatic N) is 4. The third-order valence-electron chi connectivity index (χ3n) is 5.17. The van der Waals surface area contributed by atoms with Crippen LogP contribution in [-0.2, 0) is 5.66 Å². The Morgan fingerprint density at radius 1 is 1.03 bits per heavy atom. The molecule has 0 saturated heterocycles. The molecular weight excluding hydrogens is 372 g/mol. The first-order valence-electron chi connectivity index (χ1n) is 9.65. The molecule has 0 N–H and O–H groups in total. The highest BCUT2D eigenvalue weighted by molar-refractivity contribution is 5.70. The van der Waals surface area contributed by atoms with E-state index in [4.69, 9.17) is 2.74 Å². The van der Waals surface area contributed by atoms with Crippen LogP contribution >= 0.6 is 0 Å². The van der Waals surface area contributed by atoms with Gasteiger partial charge in [-0.1, -0.05) is 12.1 Å². The van der Waals surface area contributed by atoms with Crippen LogP contribution in [-0.4, -0.2) is 9.85 Å². The lowest BCUT2D eigenvalue weighted by atomic mass is 9.89. The van der Waals surface area contributed by atoms with E-state index in [9.17, 15) is 20.2 Å². The predicted octanol–water partition coefficient (Wildman–Crippen LogP) is 2.09. The first kappa shape index (κ1) is 14.8. The van der Waals surface area contributed by atoms with Gasteiger partial charge in [-0.15, -0.1) is 9.13 Å². The second-order valence-electron chi connectivity index (χ2n) is 6.54. The molecule has 1 atom stereocenters. The van der Waals surface area contributed by atoms with Gasteiger partial charge in [-0.25, -0.2) is 0 Å². The summed E-state index contributed by atoms with van der Waals surface area (Å²) in [4.78, 5) is 21.4. The highest BCUT2D eigenvalue weighted by atomic mass is 16.6. The fourth-order valence-corrected chi connectivity index (χ4v) is 4.21. The van der Waals surface area contributed by atoms with E-state index in [-0.39, 0.29) is 17.7 Å². The van der Waals surface area contributed by atoms with Crippen LogP contribution in [0.25, 0.3) is 17.3 Å². The van der Waals surface area contributed by atoms with Gasteiger partial charge in [0.1, 0.15) is 0 Å². The number of hydrogen-bond donors (Lipinski definition) is 0. The van der Waals surface area contributed by atoms with Gasteiger partial charge in [-0.05, 0) is 35.2 Å². The fourth-order valence-electron chi connectivity index (χ4n) is 4.21. The molecule has 4 heterocycles. The van der Waals surface area contributed by atoms with Crippen molar-refractivity contribution >= 4 is 6.08 Å². The number of fused-ring (bicyclic) bond motifs is 7. The summed E-state index contributed by atoms with van der Waals surface area (Å²) in [6, 6.07) is 13.7. The largest absolute Gasteiger partial charge is 0.363 e. The van der Waals surface area contributed by atoms with Crippen LogP contribution in [0.1, 0.15) is 14.0 Å². The summed E-state index contributed by atoms with van der Waals surface area (Å²) in [6.07, 6.45) is 6.69. The van der Waals surface area contributed by atoms with Gasteiger partial charge in [-0.2, -0.15) is 0 Å². The average Bonchev–Trinajstić information content (AvgIpc) is 3.21.